The Hall–Kier alpha value is -1.84. The predicted octanol–water partition coefficient (Wildman–Crippen LogP) is 2.79. The molecule has 0 spiro atoms. The smallest absolute Gasteiger partial charge is 0.228 e. The first-order chi connectivity index (χ1) is 8.09. The second-order valence-corrected chi connectivity index (χ2v) is 4.64. The van der Waals surface area contributed by atoms with E-state index in [1.807, 2.05) is 45.0 Å². The molecule has 0 bridgehead atoms. The highest BCUT2D eigenvalue weighted by Gasteiger charge is 2.18. The minimum absolute atomic E-state index is 0.0113. The zero-order chi connectivity index (χ0) is 12.4. The Balaban J connectivity index is 2.22. The number of hydrogen-bond donors (Lipinski definition) is 2. The molecule has 2 N–H and O–H groups in total. The van der Waals surface area contributed by atoms with Crippen molar-refractivity contribution in [3.8, 4) is 0 Å². The molecule has 0 saturated carbocycles. The zero-order valence-corrected chi connectivity index (χ0v) is 10.3. The Morgan fingerprint density at radius 3 is 2.71 bits per heavy atom. The lowest BCUT2D eigenvalue weighted by molar-refractivity contribution is -0.120. The van der Waals surface area contributed by atoms with Gasteiger partial charge in [0, 0.05) is 11.3 Å². The van der Waals surface area contributed by atoms with Crippen LogP contribution in [0.25, 0.3) is 10.9 Å². The van der Waals surface area contributed by atoms with Crippen LogP contribution < -0.4 is 5.32 Å². The van der Waals surface area contributed by atoms with Gasteiger partial charge in [0.05, 0.1) is 5.52 Å². The molecule has 4 nitrogen and oxygen atoms in total. The number of carbonyl (C=O) groups excluding carboxylic acids is 1. The van der Waals surface area contributed by atoms with Crippen molar-refractivity contribution in [3.05, 3.63) is 24.3 Å². The number of benzene rings is 1. The molecule has 1 heterocycles. The van der Waals surface area contributed by atoms with E-state index in [4.69, 9.17) is 0 Å². The van der Waals surface area contributed by atoms with Crippen LogP contribution in [0.3, 0.4) is 0 Å². The van der Waals surface area contributed by atoms with Crippen LogP contribution in [-0.4, -0.2) is 16.1 Å². The van der Waals surface area contributed by atoms with Crippen molar-refractivity contribution in [2.45, 2.75) is 20.8 Å². The van der Waals surface area contributed by atoms with E-state index in [0.29, 0.717) is 11.7 Å². The van der Waals surface area contributed by atoms with Crippen LogP contribution in [-0.2, 0) is 4.79 Å². The van der Waals surface area contributed by atoms with Gasteiger partial charge in [0.25, 0.3) is 0 Å². The van der Waals surface area contributed by atoms with Crippen molar-refractivity contribution in [1.82, 2.24) is 10.2 Å². The van der Waals surface area contributed by atoms with E-state index < -0.39 is 0 Å². The number of para-hydroxylation sites is 1. The van der Waals surface area contributed by atoms with Gasteiger partial charge in [-0.15, -0.1) is 0 Å². The average molecular weight is 231 g/mol. The van der Waals surface area contributed by atoms with Crippen molar-refractivity contribution in [2.75, 3.05) is 5.32 Å². The number of anilines is 1. The van der Waals surface area contributed by atoms with Crippen LogP contribution in [0.2, 0.25) is 0 Å². The van der Waals surface area contributed by atoms with Gasteiger partial charge < -0.3 is 5.32 Å². The summed E-state index contributed by atoms with van der Waals surface area (Å²) in [5, 5.41) is 10.8. The Kier molecular flexibility index (Phi) is 3.13. The van der Waals surface area contributed by atoms with E-state index in [2.05, 4.69) is 15.5 Å². The van der Waals surface area contributed by atoms with Gasteiger partial charge in [-0.3, -0.25) is 9.89 Å². The highest BCUT2D eigenvalue weighted by atomic mass is 16.1. The fourth-order valence-electron chi connectivity index (χ4n) is 1.59. The number of nitrogens with one attached hydrogen (secondary N) is 2. The number of H-pyrrole nitrogens is 1. The van der Waals surface area contributed by atoms with E-state index in [9.17, 15) is 4.79 Å². The number of nitrogens with zero attached hydrogens (tertiary/aromatic N) is 1. The molecular weight excluding hydrogens is 214 g/mol. The molecule has 1 amide bonds. The fraction of sp³-hybridized carbons (Fsp3) is 0.385. The van der Waals surface area contributed by atoms with Gasteiger partial charge in [0.1, 0.15) is 0 Å². The number of amides is 1. The maximum atomic E-state index is 11.9. The first kappa shape index (κ1) is 11.6. The largest absolute Gasteiger partial charge is 0.308 e. The standard InChI is InChI=1S/C13H17N3O/c1-8(2)9(3)13(17)14-12-10-6-4-5-7-11(10)15-16-12/h4-9H,1-3H3,(H2,14,15,16,17). The number of rotatable bonds is 3. The van der Waals surface area contributed by atoms with Crippen molar-refractivity contribution < 1.29 is 4.79 Å². The maximum absolute atomic E-state index is 11.9. The molecule has 90 valence electrons. The van der Waals surface area contributed by atoms with Crippen molar-refractivity contribution >= 4 is 22.6 Å². The Labute approximate surface area is 100 Å². The molecule has 1 atom stereocenters. The summed E-state index contributed by atoms with van der Waals surface area (Å²) in [6.07, 6.45) is 0. The quantitative estimate of drug-likeness (QED) is 0.853. The first-order valence-corrected chi connectivity index (χ1v) is 5.83. The lowest BCUT2D eigenvalue weighted by Gasteiger charge is -2.14. The van der Waals surface area contributed by atoms with Crippen LogP contribution >= 0.6 is 0 Å². The van der Waals surface area contributed by atoms with E-state index in [1.54, 1.807) is 0 Å². The van der Waals surface area contributed by atoms with Crippen LogP contribution in [0.1, 0.15) is 20.8 Å². The third kappa shape index (κ3) is 2.30. The molecule has 0 radical (unpaired) electrons. The summed E-state index contributed by atoms with van der Waals surface area (Å²) in [7, 11) is 0. The third-order valence-corrected chi connectivity index (χ3v) is 3.13. The van der Waals surface area contributed by atoms with E-state index in [0.717, 1.165) is 10.9 Å². The highest BCUT2D eigenvalue weighted by Crippen LogP contribution is 2.21. The van der Waals surface area contributed by atoms with Crippen LogP contribution in [0.4, 0.5) is 5.82 Å². The molecule has 0 saturated heterocycles. The molecular formula is C13H17N3O. The summed E-state index contributed by atoms with van der Waals surface area (Å²) in [4.78, 5) is 11.9. The minimum atomic E-state index is -0.0227. The van der Waals surface area contributed by atoms with Crippen LogP contribution in [0, 0.1) is 11.8 Å². The van der Waals surface area contributed by atoms with Crippen molar-refractivity contribution in [3.63, 3.8) is 0 Å². The summed E-state index contributed by atoms with van der Waals surface area (Å²) < 4.78 is 0. The van der Waals surface area contributed by atoms with Gasteiger partial charge in [-0.2, -0.15) is 5.10 Å². The van der Waals surface area contributed by atoms with Gasteiger partial charge in [0.2, 0.25) is 5.91 Å². The van der Waals surface area contributed by atoms with E-state index in [1.165, 1.54) is 0 Å². The molecule has 2 rings (SSSR count). The zero-order valence-electron chi connectivity index (χ0n) is 10.3. The number of fused-ring (bicyclic) bond motifs is 1. The molecule has 1 aromatic heterocycles. The number of carbonyl (C=O) groups is 1. The molecule has 4 heteroatoms. The normalized spacial score (nSPS) is 12.9. The first-order valence-electron chi connectivity index (χ1n) is 5.83. The monoisotopic (exact) mass is 231 g/mol. The Bertz CT molecular complexity index is 530. The summed E-state index contributed by atoms with van der Waals surface area (Å²) in [5.74, 6) is 0.918. The Morgan fingerprint density at radius 2 is 2.00 bits per heavy atom. The van der Waals surface area contributed by atoms with Gasteiger partial charge in [-0.05, 0) is 18.1 Å². The van der Waals surface area contributed by atoms with E-state index >= 15 is 0 Å². The number of aromatic nitrogens is 2. The molecule has 1 aromatic carbocycles. The average Bonchev–Trinajstić information content (AvgIpc) is 2.71. The third-order valence-electron chi connectivity index (χ3n) is 3.13. The summed E-state index contributed by atoms with van der Waals surface area (Å²) >= 11 is 0. The fourth-order valence-corrected chi connectivity index (χ4v) is 1.59. The van der Waals surface area contributed by atoms with Gasteiger partial charge in [-0.25, -0.2) is 0 Å². The molecule has 0 fully saturated rings. The lowest BCUT2D eigenvalue weighted by atomic mass is 9.97. The SMILES string of the molecule is CC(C)C(C)C(=O)Nc1n[nH]c2ccccc12. The molecule has 0 aliphatic heterocycles. The van der Waals surface area contributed by atoms with Gasteiger partial charge >= 0.3 is 0 Å². The second kappa shape index (κ2) is 4.57. The molecule has 1 unspecified atom stereocenters. The Morgan fingerprint density at radius 1 is 1.29 bits per heavy atom. The number of aromatic amines is 1. The van der Waals surface area contributed by atoms with Gasteiger partial charge in [0.15, 0.2) is 5.82 Å². The lowest BCUT2D eigenvalue weighted by Crippen LogP contribution is -2.24. The van der Waals surface area contributed by atoms with Crippen molar-refractivity contribution in [1.29, 1.82) is 0 Å². The highest BCUT2D eigenvalue weighted by molar-refractivity contribution is 6.00. The summed E-state index contributed by atoms with van der Waals surface area (Å²) in [5.41, 5.74) is 0.931. The molecule has 0 aliphatic rings. The second-order valence-electron chi connectivity index (χ2n) is 4.64. The van der Waals surface area contributed by atoms with Crippen LogP contribution in [0.5, 0.6) is 0 Å². The molecule has 0 aliphatic carbocycles. The van der Waals surface area contributed by atoms with Crippen molar-refractivity contribution in [2.24, 2.45) is 11.8 Å². The van der Waals surface area contributed by atoms with Gasteiger partial charge in [-0.1, -0.05) is 32.9 Å². The predicted molar refractivity (Wildman–Crippen MR) is 68.7 cm³/mol. The summed E-state index contributed by atoms with van der Waals surface area (Å²) in [6.45, 7) is 5.99. The topological polar surface area (TPSA) is 57.8 Å². The maximum Gasteiger partial charge on any atom is 0.228 e. The minimum Gasteiger partial charge on any atom is -0.308 e. The summed E-state index contributed by atoms with van der Waals surface area (Å²) in [6, 6.07) is 7.74. The van der Waals surface area contributed by atoms with E-state index in [-0.39, 0.29) is 11.8 Å². The molecule has 2 aromatic rings. The van der Waals surface area contributed by atoms with Crippen LogP contribution in [0.15, 0.2) is 24.3 Å². The molecule has 17 heavy (non-hydrogen) atoms. The number of hydrogen-bond acceptors (Lipinski definition) is 2.